The molecule has 0 spiro atoms. The Morgan fingerprint density at radius 3 is 2.77 bits per heavy atom. The molecule has 1 unspecified atom stereocenters. The Kier molecular flexibility index (Phi) is 7.13. The van der Waals surface area contributed by atoms with E-state index in [0.717, 1.165) is 31.3 Å². The highest BCUT2D eigenvalue weighted by Gasteiger charge is 2.44. The molecule has 1 fully saturated rings. The van der Waals surface area contributed by atoms with Gasteiger partial charge in [-0.25, -0.2) is 0 Å². The van der Waals surface area contributed by atoms with Crippen LogP contribution < -0.4 is 4.74 Å². The molecule has 0 aromatic heterocycles. The van der Waals surface area contributed by atoms with Gasteiger partial charge in [-0.2, -0.15) is 0 Å². The van der Waals surface area contributed by atoms with Crippen LogP contribution in [0.15, 0.2) is 18.2 Å². The molecule has 3 heteroatoms. The smallest absolute Gasteiger partial charge is 0.157 e. The Morgan fingerprint density at radius 2 is 1.96 bits per heavy atom. The Hall–Kier alpha value is -1.35. The van der Waals surface area contributed by atoms with Gasteiger partial charge in [-0.05, 0) is 60.6 Å². The standard InChI is InChI=1S/C23H34O3/c1-2-3-4-5-6-7-10-19-20-14-17-9-8-11-23(26-13-12-24)21(17)15-18(20)16-22(19)25/h8-9,11-12,18-20,22,25H,2-7,10,13-16H2,1H3/t18-,19?,20-,22+/m0/s1. The molecule has 144 valence electrons. The van der Waals surface area contributed by atoms with Gasteiger partial charge in [-0.1, -0.05) is 57.6 Å². The van der Waals surface area contributed by atoms with Crippen molar-refractivity contribution in [1.29, 1.82) is 0 Å². The van der Waals surface area contributed by atoms with Crippen LogP contribution in [0.1, 0.15) is 69.4 Å². The molecule has 0 heterocycles. The van der Waals surface area contributed by atoms with Gasteiger partial charge in [-0.15, -0.1) is 0 Å². The van der Waals surface area contributed by atoms with Crippen molar-refractivity contribution in [1.82, 2.24) is 0 Å². The second kappa shape index (κ2) is 9.55. The van der Waals surface area contributed by atoms with Gasteiger partial charge in [0, 0.05) is 0 Å². The normalized spacial score (nSPS) is 27.0. The molecule has 1 saturated carbocycles. The fraction of sp³-hybridized carbons (Fsp3) is 0.696. The van der Waals surface area contributed by atoms with Gasteiger partial charge in [0.15, 0.2) is 6.29 Å². The zero-order valence-corrected chi connectivity index (χ0v) is 16.2. The summed E-state index contributed by atoms with van der Waals surface area (Å²) >= 11 is 0. The Morgan fingerprint density at radius 1 is 1.15 bits per heavy atom. The number of aliphatic hydroxyl groups is 1. The van der Waals surface area contributed by atoms with Crippen molar-refractivity contribution < 1.29 is 14.6 Å². The minimum Gasteiger partial charge on any atom is -0.486 e. The van der Waals surface area contributed by atoms with E-state index in [-0.39, 0.29) is 12.7 Å². The summed E-state index contributed by atoms with van der Waals surface area (Å²) in [5.74, 6) is 2.49. The molecular formula is C23H34O3. The highest BCUT2D eigenvalue weighted by atomic mass is 16.5. The summed E-state index contributed by atoms with van der Waals surface area (Å²) in [6.07, 6.45) is 12.7. The quantitative estimate of drug-likeness (QED) is 0.486. The molecule has 0 amide bonds. The number of hydrogen-bond donors (Lipinski definition) is 1. The van der Waals surface area contributed by atoms with Gasteiger partial charge in [-0.3, -0.25) is 4.79 Å². The molecule has 3 nitrogen and oxygen atoms in total. The molecule has 0 saturated heterocycles. The van der Waals surface area contributed by atoms with Gasteiger partial charge < -0.3 is 9.84 Å². The van der Waals surface area contributed by atoms with E-state index in [9.17, 15) is 9.90 Å². The van der Waals surface area contributed by atoms with Crippen molar-refractivity contribution in [3.05, 3.63) is 29.3 Å². The first-order chi connectivity index (χ1) is 12.7. The predicted molar refractivity (Wildman–Crippen MR) is 104 cm³/mol. The van der Waals surface area contributed by atoms with Crippen LogP contribution in [0.3, 0.4) is 0 Å². The summed E-state index contributed by atoms with van der Waals surface area (Å²) in [6.45, 7) is 2.37. The largest absolute Gasteiger partial charge is 0.486 e. The lowest BCUT2D eigenvalue weighted by Gasteiger charge is -2.32. The van der Waals surface area contributed by atoms with Crippen LogP contribution >= 0.6 is 0 Å². The second-order valence-corrected chi connectivity index (χ2v) is 8.23. The maximum absolute atomic E-state index is 10.7. The lowest BCUT2D eigenvalue weighted by atomic mass is 9.73. The lowest BCUT2D eigenvalue weighted by Crippen LogP contribution is -2.27. The van der Waals surface area contributed by atoms with Crippen LogP contribution in [0.2, 0.25) is 0 Å². The minimum atomic E-state index is -0.144. The molecule has 2 aliphatic rings. The molecule has 26 heavy (non-hydrogen) atoms. The van der Waals surface area contributed by atoms with Crippen molar-refractivity contribution >= 4 is 6.29 Å². The van der Waals surface area contributed by atoms with Crippen LogP contribution in [0.5, 0.6) is 5.75 Å². The SMILES string of the molecule is CCCCCCCCC1[C@H](O)C[C@@H]2Cc3c(cccc3OCC=O)C[C@H]12. The summed E-state index contributed by atoms with van der Waals surface area (Å²) in [7, 11) is 0. The molecule has 4 atom stereocenters. The Labute approximate surface area is 158 Å². The van der Waals surface area contributed by atoms with E-state index in [1.165, 1.54) is 56.1 Å². The highest BCUT2D eigenvalue weighted by molar-refractivity contribution is 5.52. The van der Waals surface area contributed by atoms with Gasteiger partial charge in [0.1, 0.15) is 12.4 Å². The van der Waals surface area contributed by atoms with Crippen molar-refractivity contribution in [3.63, 3.8) is 0 Å². The van der Waals surface area contributed by atoms with E-state index in [1.807, 2.05) is 12.1 Å². The van der Waals surface area contributed by atoms with Crippen LogP contribution in [0.25, 0.3) is 0 Å². The van der Waals surface area contributed by atoms with E-state index in [4.69, 9.17) is 4.74 Å². The number of carbonyl (C=O) groups is 1. The molecular weight excluding hydrogens is 324 g/mol. The van der Waals surface area contributed by atoms with Crippen LogP contribution in [-0.4, -0.2) is 24.1 Å². The fourth-order valence-electron chi connectivity index (χ4n) is 5.22. The third-order valence-corrected chi connectivity index (χ3v) is 6.54. The molecule has 3 rings (SSSR count). The van der Waals surface area contributed by atoms with Crippen molar-refractivity contribution in [3.8, 4) is 5.75 Å². The van der Waals surface area contributed by atoms with Gasteiger partial charge >= 0.3 is 0 Å². The number of benzene rings is 1. The molecule has 0 bridgehead atoms. The zero-order valence-electron chi connectivity index (χ0n) is 16.2. The number of hydrogen-bond acceptors (Lipinski definition) is 3. The zero-order chi connectivity index (χ0) is 18.4. The number of unbranched alkanes of at least 4 members (excludes halogenated alkanes) is 5. The maximum atomic E-state index is 10.7. The summed E-state index contributed by atoms with van der Waals surface area (Å²) in [5, 5.41) is 10.7. The fourth-order valence-corrected chi connectivity index (χ4v) is 5.22. The van der Waals surface area contributed by atoms with Gasteiger partial charge in [0.25, 0.3) is 0 Å². The first kappa shape index (κ1) is 19.4. The first-order valence-corrected chi connectivity index (χ1v) is 10.6. The number of ether oxygens (including phenoxy) is 1. The summed E-state index contributed by atoms with van der Waals surface area (Å²) < 4.78 is 5.64. The van der Waals surface area contributed by atoms with Crippen LogP contribution in [0, 0.1) is 17.8 Å². The number of rotatable bonds is 10. The van der Waals surface area contributed by atoms with Crippen molar-refractivity contribution in [2.75, 3.05) is 6.61 Å². The molecule has 2 aliphatic carbocycles. The van der Waals surface area contributed by atoms with Crippen LogP contribution in [-0.2, 0) is 17.6 Å². The van der Waals surface area contributed by atoms with E-state index in [1.54, 1.807) is 0 Å². The number of carbonyl (C=O) groups excluding carboxylic acids is 1. The topological polar surface area (TPSA) is 46.5 Å². The van der Waals surface area contributed by atoms with Crippen LogP contribution in [0.4, 0.5) is 0 Å². The third-order valence-electron chi connectivity index (χ3n) is 6.54. The van der Waals surface area contributed by atoms with Gasteiger partial charge in [0.05, 0.1) is 6.10 Å². The van der Waals surface area contributed by atoms with Crippen molar-refractivity contribution in [2.45, 2.75) is 77.2 Å². The first-order valence-electron chi connectivity index (χ1n) is 10.6. The Bertz CT molecular complexity index is 583. The average molecular weight is 359 g/mol. The monoisotopic (exact) mass is 358 g/mol. The molecule has 0 radical (unpaired) electrons. The molecule has 1 aromatic rings. The highest BCUT2D eigenvalue weighted by Crippen LogP contribution is 2.48. The lowest BCUT2D eigenvalue weighted by molar-refractivity contribution is -0.109. The van der Waals surface area contributed by atoms with E-state index >= 15 is 0 Å². The second-order valence-electron chi connectivity index (χ2n) is 8.23. The van der Waals surface area contributed by atoms with Crippen molar-refractivity contribution in [2.24, 2.45) is 17.8 Å². The summed E-state index contributed by atoms with van der Waals surface area (Å²) in [5.41, 5.74) is 2.62. The molecule has 1 N–H and O–H groups in total. The minimum absolute atomic E-state index is 0.119. The summed E-state index contributed by atoms with van der Waals surface area (Å²) in [4.78, 5) is 10.6. The van der Waals surface area contributed by atoms with E-state index in [2.05, 4.69) is 13.0 Å². The molecule has 0 aliphatic heterocycles. The molecule has 1 aromatic carbocycles. The number of fused-ring (bicyclic) bond motifs is 2. The summed E-state index contributed by atoms with van der Waals surface area (Å²) in [6, 6.07) is 6.21. The number of aldehydes is 1. The average Bonchev–Trinajstić information content (AvgIpc) is 2.95. The Balaban J connectivity index is 1.59. The van der Waals surface area contributed by atoms with E-state index in [0.29, 0.717) is 17.8 Å². The predicted octanol–water partition coefficient (Wildman–Crippen LogP) is 4.73. The maximum Gasteiger partial charge on any atom is 0.157 e. The third kappa shape index (κ3) is 4.49. The number of aliphatic hydroxyl groups excluding tert-OH is 1. The van der Waals surface area contributed by atoms with Gasteiger partial charge in [0.2, 0.25) is 0 Å². The van der Waals surface area contributed by atoms with E-state index < -0.39 is 0 Å².